The molecule has 17 nitrogen and oxygen atoms in total. The first kappa shape index (κ1) is 31.7. The molecule has 0 bridgehead atoms. The van der Waals surface area contributed by atoms with Crippen LogP contribution < -0.4 is 14.9 Å². The van der Waals surface area contributed by atoms with E-state index < -0.39 is 114 Å². The molecule has 10 atom stereocenters. The molecule has 0 aliphatic carbocycles. The van der Waals surface area contributed by atoms with Crippen molar-refractivity contribution in [3.05, 3.63) is 40.6 Å². The van der Waals surface area contributed by atoms with E-state index in [2.05, 4.69) is 0 Å². The van der Waals surface area contributed by atoms with Crippen LogP contribution in [0.1, 0.15) is 0 Å². The number of hydrogen-bond acceptors (Lipinski definition) is 17. The Morgan fingerprint density at radius 1 is 0.682 bits per heavy atom. The van der Waals surface area contributed by atoms with Gasteiger partial charge in [-0.15, -0.1) is 0 Å². The van der Waals surface area contributed by atoms with Crippen molar-refractivity contribution < 1.29 is 79.5 Å². The quantitative estimate of drug-likeness (QED) is 0.124. The summed E-state index contributed by atoms with van der Waals surface area (Å²) >= 11 is 0. The second-order valence-electron chi connectivity index (χ2n) is 10.2. The summed E-state index contributed by atoms with van der Waals surface area (Å²) in [4.78, 5) is 13.3. The van der Waals surface area contributed by atoms with Gasteiger partial charge < -0.3 is 79.5 Å². The van der Waals surface area contributed by atoms with E-state index in [0.717, 1.165) is 24.3 Å². The summed E-state index contributed by atoms with van der Waals surface area (Å²) in [6, 6.07) is 5.34. The number of phenols is 2. The van der Waals surface area contributed by atoms with Gasteiger partial charge in [0, 0.05) is 17.7 Å². The lowest BCUT2D eigenvalue weighted by molar-refractivity contribution is -0.277. The smallest absolute Gasteiger partial charge is 0.238 e. The minimum absolute atomic E-state index is 0.0695. The van der Waals surface area contributed by atoms with Gasteiger partial charge >= 0.3 is 0 Å². The first-order chi connectivity index (χ1) is 20.9. The molecule has 1 aromatic heterocycles. The van der Waals surface area contributed by atoms with Crippen LogP contribution in [0.4, 0.5) is 0 Å². The van der Waals surface area contributed by atoms with Gasteiger partial charge in [0.25, 0.3) is 0 Å². The molecule has 0 saturated carbocycles. The van der Waals surface area contributed by atoms with Gasteiger partial charge in [0.15, 0.2) is 17.3 Å². The lowest BCUT2D eigenvalue weighted by Gasteiger charge is -2.39. The van der Waals surface area contributed by atoms with E-state index >= 15 is 0 Å². The van der Waals surface area contributed by atoms with Crippen LogP contribution in [0.15, 0.2) is 39.5 Å². The van der Waals surface area contributed by atoms with Crippen LogP contribution in [0.3, 0.4) is 0 Å². The van der Waals surface area contributed by atoms with E-state index in [9.17, 15) is 61.0 Å². The fourth-order valence-corrected chi connectivity index (χ4v) is 4.89. The number of phenolic OH excluding ortho intramolecular Hbond substituents is 2. The highest BCUT2D eigenvalue weighted by atomic mass is 16.7. The monoisotopic (exact) mass is 626 g/mol. The normalized spacial score (nSPS) is 32.5. The van der Waals surface area contributed by atoms with Crippen LogP contribution in [0.5, 0.6) is 28.7 Å². The number of aromatic hydroxyl groups is 3. The van der Waals surface area contributed by atoms with Crippen molar-refractivity contribution in [3.63, 3.8) is 0 Å². The predicted molar refractivity (Wildman–Crippen MR) is 142 cm³/mol. The molecule has 11 N–H and O–H groups in total. The van der Waals surface area contributed by atoms with E-state index in [-0.39, 0.29) is 16.9 Å². The van der Waals surface area contributed by atoms with Gasteiger partial charge in [-0.1, -0.05) is 0 Å². The molecule has 2 aliphatic heterocycles. The van der Waals surface area contributed by atoms with Gasteiger partial charge in [-0.05, 0) is 18.2 Å². The first-order valence-electron chi connectivity index (χ1n) is 13.2. The number of rotatable bonds is 7. The molecular formula is C27H30O17. The van der Waals surface area contributed by atoms with Crippen molar-refractivity contribution in [3.8, 4) is 40.1 Å². The van der Waals surface area contributed by atoms with Crippen LogP contribution in [-0.2, 0) is 9.47 Å². The summed E-state index contributed by atoms with van der Waals surface area (Å²) < 4.78 is 27.1. The fourth-order valence-electron chi connectivity index (χ4n) is 4.89. The number of benzene rings is 2. The average molecular weight is 627 g/mol. The number of aliphatic hydroxyl groups is 8. The third-order valence-corrected chi connectivity index (χ3v) is 7.32. The third kappa shape index (κ3) is 5.61. The molecule has 17 heteroatoms. The Morgan fingerprint density at radius 3 is 1.75 bits per heavy atom. The zero-order valence-corrected chi connectivity index (χ0v) is 22.4. The topological polar surface area (TPSA) is 290 Å². The van der Waals surface area contributed by atoms with E-state index in [1.807, 2.05) is 0 Å². The summed E-state index contributed by atoms with van der Waals surface area (Å²) in [7, 11) is 0. The molecule has 5 rings (SSSR count). The fraction of sp³-hybridized carbons (Fsp3) is 0.444. The zero-order chi connectivity index (χ0) is 32.0. The molecule has 0 amide bonds. The van der Waals surface area contributed by atoms with Crippen LogP contribution in [-0.4, -0.2) is 131 Å². The summed E-state index contributed by atoms with van der Waals surface area (Å²) in [6.45, 7) is -1.46. The summed E-state index contributed by atoms with van der Waals surface area (Å²) in [5.74, 6) is -3.29. The van der Waals surface area contributed by atoms with E-state index in [1.165, 1.54) is 6.07 Å². The molecule has 0 spiro atoms. The molecule has 2 saturated heterocycles. The van der Waals surface area contributed by atoms with Crippen molar-refractivity contribution in [2.45, 2.75) is 61.4 Å². The summed E-state index contributed by atoms with van der Waals surface area (Å²) in [6.07, 6.45) is -16.4. The summed E-state index contributed by atoms with van der Waals surface area (Å²) in [5.41, 5.74) is -1.48. The maximum atomic E-state index is 13.3. The van der Waals surface area contributed by atoms with Crippen LogP contribution in [0.25, 0.3) is 22.3 Å². The van der Waals surface area contributed by atoms with Gasteiger partial charge in [0.1, 0.15) is 71.3 Å². The molecule has 2 aliphatic rings. The number of hydrogen-bond donors (Lipinski definition) is 11. The van der Waals surface area contributed by atoms with E-state index in [1.54, 1.807) is 0 Å². The van der Waals surface area contributed by atoms with Crippen LogP contribution in [0, 0.1) is 0 Å². The Kier molecular flexibility index (Phi) is 8.87. The maximum Gasteiger partial charge on any atom is 0.238 e. The van der Waals surface area contributed by atoms with Crippen LogP contribution in [0.2, 0.25) is 0 Å². The van der Waals surface area contributed by atoms with Gasteiger partial charge in [0.2, 0.25) is 23.8 Å². The molecule has 3 aromatic rings. The lowest BCUT2D eigenvalue weighted by Crippen LogP contribution is -2.60. The van der Waals surface area contributed by atoms with Crippen molar-refractivity contribution in [1.29, 1.82) is 0 Å². The Balaban J connectivity index is 1.46. The highest BCUT2D eigenvalue weighted by Crippen LogP contribution is 2.40. The minimum Gasteiger partial charge on any atom is -0.508 e. The largest absolute Gasteiger partial charge is 0.508 e. The van der Waals surface area contributed by atoms with Gasteiger partial charge in [0.05, 0.1) is 13.2 Å². The molecule has 240 valence electrons. The molecule has 2 fully saturated rings. The van der Waals surface area contributed by atoms with E-state index in [4.69, 9.17) is 23.4 Å². The third-order valence-electron chi connectivity index (χ3n) is 7.32. The van der Waals surface area contributed by atoms with Gasteiger partial charge in [-0.2, -0.15) is 0 Å². The second kappa shape index (κ2) is 12.3. The SMILES string of the molecule is O=c1c(O)c(-c2ccc(O[C@@H]3O[C@H](CO)[C@@H](O)[C@@H](O)[C@H]3O)c(O)c2)oc2cc(O)cc(O[C@@H]3O[C@H](CO)[C@@H](O)[C@@H](O)[C@H]3O)c12. The Labute approximate surface area is 246 Å². The lowest BCUT2D eigenvalue weighted by atomic mass is 9.99. The van der Waals surface area contributed by atoms with Crippen molar-refractivity contribution in [1.82, 2.24) is 0 Å². The minimum atomic E-state index is -1.85. The average Bonchev–Trinajstić information content (AvgIpc) is 3.00. The zero-order valence-electron chi connectivity index (χ0n) is 22.4. The van der Waals surface area contributed by atoms with Crippen molar-refractivity contribution >= 4 is 11.0 Å². The Morgan fingerprint density at radius 2 is 1.23 bits per heavy atom. The number of ether oxygens (including phenoxy) is 4. The molecule has 44 heavy (non-hydrogen) atoms. The predicted octanol–water partition coefficient (Wildman–Crippen LogP) is -3.07. The van der Waals surface area contributed by atoms with E-state index in [0.29, 0.717) is 0 Å². The van der Waals surface area contributed by atoms with Gasteiger partial charge in [-0.3, -0.25) is 4.79 Å². The highest BCUT2D eigenvalue weighted by Gasteiger charge is 2.46. The highest BCUT2D eigenvalue weighted by molar-refractivity contribution is 5.88. The van der Waals surface area contributed by atoms with Crippen molar-refractivity contribution in [2.24, 2.45) is 0 Å². The molecule has 3 heterocycles. The Hall–Kier alpha value is -3.75. The first-order valence-corrected chi connectivity index (χ1v) is 13.2. The van der Waals surface area contributed by atoms with Crippen molar-refractivity contribution in [2.75, 3.05) is 13.2 Å². The second-order valence-corrected chi connectivity index (χ2v) is 10.2. The molecule has 2 aromatic carbocycles. The maximum absolute atomic E-state index is 13.3. The summed E-state index contributed by atoms with van der Waals surface area (Å²) in [5, 5.41) is 110. The molecular weight excluding hydrogens is 596 g/mol. The molecule has 0 unspecified atom stereocenters. The number of aliphatic hydroxyl groups excluding tert-OH is 8. The standard InChI is InChI=1S/C27H30O17/c28-6-14-17(32)20(35)23(38)26(43-14)41-11-2-1-8(3-10(11)31)25-22(37)19(34)16-12(40-25)4-9(30)5-13(16)42-27-24(39)21(36)18(33)15(7-29)44-27/h1-5,14-15,17-18,20-21,23-24,26-33,35-39H,6-7H2/t14-,15-,17-,18-,20-,21-,23-,24-,26-,27-/m1/s1. The number of fused-ring (bicyclic) bond motifs is 1. The van der Waals surface area contributed by atoms with Crippen LogP contribution >= 0.6 is 0 Å². The Bertz CT molecular complexity index is 1550. The molecule has 0 radical (unpaired) electrons. The van der Waals surface area contributed by atoms with Gasteiger partial charge in [-0.25, -0.2) is 0 Å².